The number of hydrogen-bond donors (Lipinski definition) is 0. The summed E-state index contributed by atoms with van der Waals surface area (Å²) in [5.41, 5.74) is 3.29. The van der Waals surface area contributed by atoms with Crippen LogP contribution in [0.5, 0.6) is 0 Å². The van der Waals surface area contributed by atoms with Crippen LogP contribution in [0.4, 0.5) is 0 Å². The molecule has 4 nitrogen and oxygen atoms in total. The summed E-state index contributed by atoms with van der Waals surface area (Å²) >= 11 is 0. The van der Waals surface area contributed by atoms with Crippen molar-refractivity contribution in [3.05, 3.63) is 43.1 Å². The van der Waals surface area contributed by atoms with Crippen molar-refractivity contribution in [3.8, 4) is 11.1 Å². The standard InChI is InChI=1S/C11H10N4/c1-14-5-6-15-11(14)10(8-13-15)9-3-2-4-12-7-9/h2-8H,1H3. The molecule has 15 heavy (non-hydrogen) atoms. The van der Waals surface area contributed by atoms with Crippen molar-refractivity contribution >= 4 is 5.65 Å². The molecule has 0 atom stereocenters. The summed E-state index contributed by atoms with van der Waals surface area (Å²) in [7, 11) is 2.01. The van der Waals surface area contributed by atoms with Crippen LogP contribution in [0.2, 0.25) is 0 Å². The van der Waals surface area contributed by atoms with Gasteiger partial charge in [0.2, 0.25) is 0 Å². The lowest BCUT2D eigenvalue weighted by Gasteiger charge is -1.98. The van der Waals surface area contributed by atoms with Crippen molar-refractivity contribution < 1.29 is 0 Å². The van der Waals surface area contributed by atoms with Crippen molar-refractivity contribution in [2.24, 2.45) is 7.05 Å². The average molecular weight is 198 g/mol. The minimum Gasteiger partial charge on any atom is -0.334 e. The van der Waals surface area contributed by atoms with Crippen molar-refractivity contribution in [1.29, 1.82) is 0 Å². The van der Waals surface area contributed by atoms with Gasteiger partial charge < -0.3 is 4.57 Å². The lowest BCUT2D eigenvalue weighted by atomic mass is 10.1. The first-order valence-electron chi connectivity index (χ1n) is 4.75. The van der Waals surface area contributed by atoms with Crippen molar-refractivity contribution in [2.45, 2.75) is 0 Å². The van der Waals surface area contributed by atoms with Crippen LogP contribution in [0.3, 0.4) is 0 Å². The summed E-state index contributed by atoms with van der Waals surface area (Å²) in [4.78, 5) is 4.12. The summed E-state index contributed by atoms with van der Waals surface area (Å²) < 4.78 is 3.91. The quantitative estimate of drug-likeness (QED) is 0.597. The van der Waals surface area contributed by atoms with Crippen LogP contribution < -0.4 is 0 Å². The zero-order chi connectivity index (χ0) is 10.3. The molecule has 0 fully saturated rings. The lowest BCUT2D eigenvalue weighted by molar-refractivity contribution is 0.929. The van der Waals surface area contributed by atoms with Gasteiger partial charge in [-0.05, 0) is 6.07 Å². The van der Waals surface area contributed by atoms with E-state index in [-0.39, 0.29) is 0 Å². The Labute approximate surface area is 86.8 Å². The molecule has 3 rings (SSSR count). The van der Waals surface area contributed by atoms with Crippen LogP contribution in [0.1, 0.15) is 0 Å². The monoisotopic (exact) mass is 198 g/mol. The van der Waals surface area contributed by atoms with E-state index in [0.717, 1.165) is 16.8 Å². The average Bonchev–Trinajstić information content (AvgIpc) is 2.84. The second kappa shape index (κ2) is 2.95. The Morgan fingerprint density at radius 1 is 1.20 bits per heavy atom. The van der Waals surface area contributed by atoms with Gasteiger partial charge in [0.25, 0.3) is 0 Å². The number of aryl methyl sites for hydroxylation is 1. The second-order valence-corrected chi connectivity index (χ2v) is 3.48. The van der Waals surface area contributed by atoms with Gasteiger partial charge in [-0.1, -0.05) is 6.07 Å². The number of fused-ring (bicyclic) bond motifs is 1. The third-order valence-corrected chi connectivity index (χ3v) is 2.51. The summed E-state index contributed by atoms with van der Waals surface area (Å²) in [6, 6.07) is 3.97. The van der Waals surface area contributed by atoms with E-state index in [9.17, 15) is 0 Å². The smallest absolute Gasteiger partial charge is 0.143 e. The number of hydrogen-bond acceptors (Lipinski definition) is 2. The largest absolute Gasteiger partial charge is 0.334 e. The molecule has 0 aromatic carbocycles. The molecule has 0 spiro atoms. The Morgan fingerprint density at radius 3 is 2.93 bits per heavy atom. The maximum atomic E-state index is 4.28. The second-order valence-electron chi connectivity index (χ2n) is 3.48. The first-order valence-corrected chi connectivity index (χ1v) is 4.75. The van der Waals surface area contributed by atoms with E-state index in [0.29, 0.717) is 0 Å². The minimum absolute atomic E-state index is 1.09. The van der Waals surface area contributed by atoms with Gasteiger partial charge in [0.1, 0.15) is 5.65 Å². The third kappa shape index (κ3) is 1.15. The SMILES string of the molecule is Cn1ccn2ncc(-c3cccnc3)c12. The highest BCUT2D eigenvalue weighted by Gasteiger charge is 2.08. The highest BCUT2D eigenvalue weighted by Crippen LogP contribution is 2.23. The van der Waals surface area contributed by atoms with Gasteiger partial charge in [-0.15, -0.1) is 0 Å². The highest BCUT2D eigenvalue weighted by molar-refractivity contribution is 5.76. The summed E-state index contributed by atoms with van der Waals surface area (Å²) in [6.07, 6.45) is 9.42. The van der Waals surface area contributed by atoms with E-state index >= 15 is 0 Å². The van der Waals surface area contributed by atoms with Crippen LogP contribution in [0.15, 0.2) is 43.1 Å². The van der Waals surface area contributed by atoms with Gasteiger partial charge in [-0.2, -0.15) is 5.10 Å². The molecule has 0 N–H and O–H groups in total. The molecular weight excluding hydrogens is 188 g/mol. The molecule has 0 amide bonds. The van der Waals surface area contributed by atoms with Gasteiger partial charge in [0.15, 0.2) is 0 Å². The van der Waals surface area contributed by atoms with Crippen LogP contribution in [-0.2, 0) is 7.05 Å². The molecule has 0 saturated carbocycles. The fourth-order valence-corrected chi connectivity index (χ4v) is 1.78. The fourth-order valence-electron chi connectivity index (χ4n) is 1.78. The molecule has 4 heteroatoms. The van der Waals surface area contributed by atoms with E-state index in [4.69, 9.17) is 0 Å². The third-order valence-electron chi connectivity index (χ3n) is 2.51. The number of pyridine rings is 1. The van der Waals surface area contributed by atoms with Gasteiger partial charge in [0.05, 0.1) is 6.20 Å². The van der Waals surface area contributed by atoms with Crippen LogP contribution >= 0.6 is 0 Å². The van der Waals surface area contributed by atoms with Crippen LogP contribution in [0.25, 0.3) is 16.8 Å². The zero-order valence-electron chi connectivity index (χ0n) is 8.33. The Balaban J connectivity index is 2.31. The molecule has 0 aliphatic carbocycles. The first-order chi connectivity index (χ1) is 7.36. The Bertz CT molecular complexity index is 591. The fraction of sp³-hybridized carbons (Fsp3) is 0.0909. The maximum Gasteiger partial charge on any atom is 0.143 e. The Morgan fingerprint density at radius 2 is 2.13 bits per heavy atom. The molecule has 3 aromatic rings. The van der Waals surface area contributed by atoms with Gasteiger partial charge in [-0.3, -0.25) is 4.98 Å². The Hall–Kier alpha value is -2.10. The first kappa shape index (κ1) is 8.23. The molecular formula is C11H10N4. The number of aromatic nitrogens is 4. The van der Waals surface area contributed by atoms with Crippen LogP contribution in [0, 0.1) is 0 Å². The van der Waals surface area contributed by atoms with E-state index in [1.807, 2.05) is 48.5 Å². The zero-order valence-corrected chi connectivity index (χ0v) is 8.33. The molecule has 0 radical (unpaired) electrons. The predicted molar refractivity (Wildman–Crippen MR) is 57.4 cm³/mol. The molecule has 0 aliphatic rings. The highest BCUT2D eigenvalue weighted by atomic mass is 15.3. The van der Waals surface area contributed by atoms with Crippen molar-refractivity contribution in [3.63, 3.8) is 0 Å². The summed E-state index contributed by atoms with van der Waals surface area (Å²) in [5.74, 6) is 0. The molecule has 74 valence electrons. The predicted octanol–water partition coefficient (Wildman–Crippen LogP) is 1.73. The molecule has 0 bridgehead atoms. The molecule has 0 aliphatic heterocycles. The van der Waals surface area contributed by atoms with Crippen LogP contribution in [-0.4, -0.2) is 19.2 Å². The Kier molecular flexibility index (Phi) is 1.62. The van der Waals surface area contributed by atoms with Gasteiger partial charge in [0, 0.05) is 43.0 Å². The summed E-state index contributed by atoms with van der Waals surface area (Å²) in [6.45, 7) is 0. The summed E-state index contributed by atoms with van der Waals surface area (Å²) in [5, 5.41) is 4.28. The van der Waals surface area contributed by atoms with Crippen molar-refractivity contribution in [1.82, 2.24) is 19.2 Å². The van der Waals surface area contributed by atoms with E-state index < -0.39 is 0 Å². The number of imidazole rings is 1. The van der Waals surface area contributed by atoms with E-state index in [2.05, 4.69) is 14.6 Å². The van der Waals surface area contributed by atoms with Crippen molar-refractivity contribution in [2.75, 3.05) is 0 Å². The van der Waals surface area contributed by atoms with E-state index in [1.54, 1.807) is 6.20 Å². The molecule has 3 heterocycles. The number of nitrogens with zero attached hydrogens (tertiary/aromatic N) is 4. The van der Waals surface area contributed by atoms with Gasteiger partial charge >= 0.3 is 0 Å². The molecule has 3 aromatic heterocycles. The number of rotatable bonds is 1. The van der Waals surface area contributed by atoms with Gasteiger partial charge in [-0.25, -0.2) is 4.52 Å². The topological polar surface area (TPSA) is 35.1 Å². The maximum absolute atomic E-state index is 4.28. The minimum atomic E-state index is 1.09. The lowest BCUT2D eigenvalue weighted by Crippen LogP contribution is -1.88. The molecule has 0 unspecified atom stereocenters. The normalized spacial score (nSPS) is 11.0. The van der Waals surface area contributed by atoms with E-state index in [1.165, 1.54) is 0 Å². The molecule has 0 saturated heterocycles.